The highest BCUT2D eigenvalue weighted by molar-refractivity contribution is 9.10. The van der Waals surface area contributed by atoms with Gasteiger partial charge in [-0.05, 0) is 46.3 Å². The summed E-state index contributed by atoms with van der Waals surface area (Å²) < 4.78 is 6.96. The van der Waals surface area contributed by atoms with Gasteiger partial charge in [-0.2, -0.15) is 0 Å². The molecule has 3 rings (SSSR count). The maximum absolute atomic E-state index is 6.15. The molecular formula is C15H16BrNOS. The Balaban J connectivity index is 2.03. The molecule has 2 N–H and O–H groups in total. The van der Waals surface area contributed by atoms with Crippen molar-refractivity contribution in [3.05, 3.63) is 50.6 Å². The molecule has 4 heteroatoms. The summed E-state index contributed by atoms with van der Waals surface area (Å²) >= 11 is 5.41. The largest absolute Gasteiger partial charge is 0.493 e. The smallest absolute Gasteiger partial charge is 0.123 e. The minimum atomic E-state index is 0.00220. The number of thiophene rings is 1. The molecule has 1 aliphatic heterocycles. The molecule has 0 saturated carbocycles. The van der Waals surface area contributed by atoms with E-state index in [9.17, 15) is 0 Å². The van der Waals surface area contributed by atoms with Gasteiger partial charge in [0.05, 0.1) is 6.61 Å². The molecular weight excluding hydrogens is 322 g/mol. The number of nitrogens with two attached hydrogens (primary N) is 1. The van der Waals surface area contributed by atoms with Gasteiger partial charge in [0.25, 0.3) is 0 Å². The molecule has 2 aromatic rings. The van der Waals surface area contributed by atoms with Crippen molar-refractivity contribution in [1.29, 1.82) is 0 Å². The fourth-order valence-electron chi connectivity index (χ4n) is 2.75. The van der Waals surface area contributed by atoms with Crippen molar-refractivity contribution in [2.75, 3.05) is 13.2 Å². The quantitative estimate of drug-likeness (QED) is 0.925. The van der Waals surface area contributed by atoms with Crippen molar-refractivity contribution in [2.45, 2.75) is 18.3 Å². The maximum atomic E-state index is 6.15. The zero-order valence-corrected chi connectivity index (χ0v) is 13.0. The molecule has 0 radical (unpaired) electrons. The second-order valence-corrected chi connectivity index (χ2v) is 6.80. The Hall–Kier alpha value is -0.840. The van der Waals surface area contributed by atoms with Gasteiger partial charge in [-0.15, -0.1) is 11.3 Å². The van der Waals surface area contributed by atoms with Crippen LogP contribution in [0.1, 0.15) is 16.9 Å². The van der Waals surface area contributed by atoms with Crippen molar-refractivity contribution >= 4 is 27.3 Å². The summed E-state index contributed by atoms with van der Waals surface area (Å²) in [5, 5.41) is 2.12. The monoisotopic (exact) mass is 337 g/mol. The summed E-state index contributed by atoms with van der Waals surface area (Å²) in [6.45, 7) is 1.40. The Labute approximate surface area is 125 Å². The topological polar surface area (TPSA) is 35.2 Å². The molecule has 0 fully saturated rings. The van der Waals surface area contributed by atoms with Gasteiger partial charge in [0, 0.05) is 26.9 Å². The van der Waals surface area contributed by atoms with Crippen LogP contribution in [-0.2, 0) is 11.8 Å². The van der Waals surface area contributed by atoms with E-state index in [1.54, 1.807) is 11.3 Å². The Morgan fingerprint density at radius 2 is 2.16 bits per heavy atom. The summed E-state index contributed by atoms with van der Waals surface area (Å²) in [4.78, 5) is 1.36. The number of hydrogen-bond acceptors (Lipinski definition) is 3. The number of halogens is 1. The van der Waals surface area contributed by atoms with Gasteiger partial charge in [0.2, 0.25) is 0 Å². The lowest BCUT2D eigenvalue weighted by molar-refractivity contribution is 0.216. The zero-order chi connectivity index (χ0) is 13.3. The summed E-state index contributed by atoms with van der Waals surface area (Å²) in [5.41, 5.74) is 7.41. The second kappa shape index (κ2) is 5.27. The van der Waals surface area contributed by atoms with Gasteiger partial charge in [-0.1, -0.05) is 18.2 Å². The Morgan fingerprint density at radius 3 is 2.89 bits per heavy atom. The highest BCUT2D eigenvalue weighted by atomic mass is 79.9. The number of para-hydroxylation sites is 1. The van der Waals surface area contributed by atoms with Gasteiger partial charge < -0.3 is 10.5 Å². The van der Waals surface area contributed by atoms with Crippen molar-refractivity contribution in [3.8, 4) is 5.75 Å². The maximum Gasteiger partial charge on any atom is 0.123 e. The van der Waals surface area contributed by atoms with Crippen LogP contribution in [0.5, 0.6) is 5.75 Å². The lowest BCUT2D eigenvalue weighted by Crippen LogP contribution is -2.41. The van der Waals surface area contributed by atoms with E-state index in [1.165, 1.54) is 14.9 Å². The van der Waals surface area contributed by atoms with Crippen molar-refractivity contribution in [1.82, 2.24) is 0 Å². The molecule has 0 amide bonds. The van der Waals surface area contributed by atoms with E-state index in [0.717, 1.165) is 25.2 Å². The molecule has 0 spiro atoms. The fourth-order valence-corrected chi connectivity index (χ4v) is 4.38. The average Bonchev–Trinajstić information content (AvgIpc) is 2.84. The Morgan fingerprint density at radius 1 is 1.32 bits per heavy atom. The van der Waals surface area contributed by atoms with E-state index in [2.05, 4.69) is 39.5 Å². The van der Waals surface area contributed by atoms with Crippen molar-refractivity contribution in [2.24, 2.45) is 5.73 Å². The molecule has 0 bridgehead atoms. The van der Waals surface area contributed by atoms with Crippen LogP contribution >= 0.6 is 27.3 Å². The molecule has 1 aromatic carbocycles. The fraction of sp³-hybridized carbons (Fsp3) is 0.333. The first-order chi connectivity index (χ1) is 9.25. The third-order valence-electron chi connectivity index (χ3n) is 3.88. The molecule has 2 heterocycles. The molecule has 1 unspecified atom stereocenters. The van der Waals surface area contributed by atoms with Gasteiger partial charge in [-0.25, -0.2) is 0 Å². The van der Waals surface area contributed by atoms with Crippen LogP contribution in [0.2, 0.25) is 0 Å². The zero-order valence-electron chi connectivity index (χ0n) is 10.6. The Kier molecular flexibility index (Phi) is 3.65. The molecule has 0 aliphatic carbocycles. The first-order valence-electron chi connectivity index (χ1n) is 6.39. The van der Waals surface area contributed by atoms with Crippen LogP contribution < -0.4 is 10.5 Å². The highest BCUT2D eigenvalue weighted by Crippen LogP contribution is 2.42. The normalized spacial score (nSPS) is 21.8. The molecule has 1 aromatic heterocycles. The molecule has 1 aliphatic rings. The predicted octanol–water partition coefficient (Wildman–Crippen LogP) is 3.73. The van der Waals surface area contributed by atoms with E-state index in [4.69, 9.17) is 10.5 Å². The van der Waals surface area contributed by atoms with Crippen LogP contribution in [0.25, 0.3) is 0 Å². The summed E-state index contributed by atoms with van der Waals surface area (Å²) in [6, 6.07) is 10.4. The lowest BCUT2D eigenvalue weighted by Gasteiger charge is -2.38. The molecule has 1 atom stereocenters. The minimum absolute atomic E-state index is 0.00220. The van der Waals surface area contributed by atoms with E-state index in [0.29, 0.717) is 6.54 Å². The number of hydrogen-bond donors (Lipinski definition) is 1. The SMILES string of the molecule is NCC1(Cc2sccc2Br)CCOc2ccccc21. The first kappa shape index (κ1) is 13.2. The molecule has 100 valence electrons. The van der Waals surface area contributed by atoms with Crippen LogP contribution in [0.3, 0.4) is 0 Å². The first-order valence-corrected chi connectivity index (χ1v) is 8.07. The number of rotatable bonds is 3. The van der Waals surface area contributed by atoms with E-state index >= 15 is 0 Å². The molecule has 19 heavy (non-hydrogen) atoms. The number of benzene rings is 1. The van der Waals surface area contributed by atoms with Gasteiger partial charge >= 0.3 is 0 Å². The molecule has 0 saturated heterocycles. The van der Waals surface area contributed by atoms with Gasteiger partial charge in [0.1, 0.15) is 5.75 Å². The third-order valence-corrected chi connectivity index (χ3v) is 5.80. The molecule has 2 nitrogen and oxygen atoms in total. The predicted molar refractivity (Wildman–Crippen MR) is 83.0 cm³/mol. The van der Waals surface area contributed by atoms with E-state index < -0.39 is 0 Å². The standard InChI is InChI=1S/C15H16BrNOS/c16-12-5-8-19-14(12)9-15(10-17)6-7-18-13-4-2-1-3-11(13)15/h1-5,8H,6-7,9-10,17H2. The van der Waals surface area contributed by atoms with Crippen molar-refractivity contribution < 1.29 is 4.74 Å². The minimum Gasteiger partial charge on any atom is -0.493 e. The van der Waals surface area contributed by atoms with Crippen LogP contribution in [0, 0.1) is 0 Å². The summed E-state index contributed by atoms with van der Waals surface area (Å²) in [7, 11) is 0. The number of fused-ring (bicyclic) bond motifs is 1. The third kappa shape index (κ3) is 2.33. The average molecular weight is 338 g/mol. The van der Waals surface area contributed by atoms with Crippen LogP contribution in [0.15, 0.2) is 40.2 Å². The summed E-state index contributed by atoms with van der Waals surface area (Å²) in [5.74, 6) is 0.992. The van der Waals surface area contributed by atoms with Crippen LogP contribution in [-0.4, -0.2) is 13.2 Å². The van der Waals surface area contributed by atoms with Gasteiger partial charge in [0.15, 0.2) is 0 Å². The number of ether oxygens (including phenoxy) is 1. The summed E-state index contributed by atoms with van der Waals surface area (Å²) in [6.07, 6.45) is 1.95. The lowest BCUT2D eigenvalue weighted by atomic mass is 9.73. The van der Waals surface area contributed by atoms with Crippen molar-refractivity contribution in [3.63, 3.8) is 0 Å². The van der Waals surface area contributed by atoms with Crippen LogP contribution in [0.4, 0.5) is 0 Å². The highest BCUT2D eigenvalue weighted by Gasteiger charge is 2.37. The Bertz CT molecular complexity index is 583. The van der Waals surface area contributed by atoms with E-state index in [1.807, 2.05) is 12.1 Å². The van der Waals surface area contributed by atoms with E-state index in [-0.39, 0.29) is 5.41 Å². The van der Waals surface area contributed by atoms with Gasteiger partial charge in [-0.3, -0.25) is 0 Å². The second-order valence-electron chi connectivity index (χ2n) is 4.95.